The average Bonchev–Trinajstić information content (AvgIpc) is 2.84. The molecule has 0 saturated heterocycles. The van der Waals surface area contributed by atoms with E-state index >= 15 is 0 Å². The maximum absolute atomic E-state index is 4.34. The predicted molar refractivity (Wildman–Crippen MR) is 68.5 cm³/mol. The highest BCUT2D eigenvalue weighted by atomic mass is 15.3. The van der Waals surface area contributed by atoms with Gasteiger partial charge in [0.25, 0.3) is 0 Å². The fourth-order valence-electron chi connectivity index (χ4n) is 2.55. The summed E-state index contributed by atoms with van der Waals surface area (Å²) in [6.07, 6.45) is 5.63. The molecule has 17 heavy (non-hydrogen) atoms. The zero-order chi connectivity index (χ0) is 12.3. The SMILES string of the molecule is CC(C)Cn1ncnc1CNC1CCC(C)C1. The van der Waals surface area contributed by atoms with E-state index in [0.29, 0.717) is 12.0 Å². The van der Waals surface area contributed by atoms with Crippen LogP contribution in [0.15, 0.2) is 6.33 Å². The summed E-state index contributed by atoms with van der Waals surface area (Å²) in [6, 6.07) is 0.675. The van der Waals surface area contributed by atoms with Gasteiger partial charge in [0, 0.05) is 12.6 Å². The van der Waals surface area contributed by atoms with Crippen LogP contribution in [0.2, 0.25) is 0 Å². The minimum absolute atomic E-state index is 0.613. The molecule has 0 radical (unpaired) electrons. The van der Waals surface area contributed by atoms with Crippen LogP contribution in [0.25, 0.3) is 0 Å². The van der Waals surface area contributed by atoms with Gasteiger partial charge in [0.05, 0.1) is 6.54 Å². The molecule has 0 aliphatic heterocycles. The van der Waals surface area contributed by atoms with Crippen molar-refractivity contribution in [2.45, 2.75) is 59.2 Å². The summed E-state index contributed by atoms with van der Waals surface area (Å²) in [5.41, 5.74) is 0. The lowest BCUT2D eigenvalue weighted by molar-refractivity contribution is 0.438. The number of nitrogens with one attached hydrogen (secondary N) is 1. The first-order valence-corrected chi connectivity index (χ1v) is 6.75. The largest absolute Gasteiger partial charge is 0.307 e. The van der Waals surface area contributed by atoms with Gasteiger partial charge in [0.1, 0.15) is 12.2 Å². The highest BCUT2D eigenvalue weighted by Crippen LogP contribution is 2.24. The van der Waals surface area contributed by atoms with E-state index in [2.05, 4.69) is 36.2 Å². The van der Waals surface area contributed by atoms with E-state index in [9.17, 15) is 0 Å². The molecule has 96 valence electrons. The molecule has 0 bridgehead atoms. The van der Waals surface area contributed by atoms with Crippen LogP contribution >= 0.6 is 0 Å². The number of hydrogen-bond donors (Lipinski definition) is 1. The van der Waals surface area contributed by atoms with Crippen molar-refractivity contribution in [3.63, 3.8) is 0 Å². The van der Waals surface area contributed by atoms with Crippen LogP contribution in [0.1, 0.15) is 45.9 Å². The van der Waals surface area contributed by atoms with Gasteiger partial charge in [0.2, 0.25) is 0 Å². The van der Waals surface area contributed by atoms with Crippen molar-refractivity contribution in [2.75, 3.05) is 0 Å². The number of hydrogen-bond acceptors (Lipinski definition) is 3. The third-order valence-corrected chi connectivity index (χ3v) is 3.48. The van der Waals surface area contributed by atoms with Crippen LogP contribution in [0.4, 0.5) is 0 Å². The third kappa shape index (κ3) is 3.53. The molecule has 1 saturated carbocycles. The lowest BCUT2D eigenvalue weighted by atomic mass is 10.1. The van der Waals surface area contributed by atoms with Crippen molar-refractivity contribution < 1.29 is 0 Å². The number of rotatable bonds is 5. The van der Waals surface area contributed by atoms with E-state index in [1.807, 2.05) is 4.68 Å². The summed E-state index contributed by atoms with van der Waals surface area (Å²) in [7, 11) is 0. The molecule has 1 heterocycles. The van der Waals surface area contributed by atoms with Crippen LogP contribution in [-0.2, 0) is 13.1 Å². The normalized spacial score (nSPS) is 24.7. The first-order valence-electron chi connectivity index (χ1n) is 6.75. The van der Waals surface area contributed by atoms with Crippen LogP contribution in [0, 0.1) is 11.8 Å². The Labute approximate surface area is 104 Å². The Balaban J connectivity index is 1.84. The van der Waals surface area contributed by atoms with Crippen LogP contribution in [0.3, 0.4) is 0 Å². The zero-order valence-corrected chi connectivity index (χ0v) is 11.2. The number of nitrogens with zero attached hydrogens (tertiary/aromatic N) is 3. The zero-order valence-electron chi connectivity index (χ0n) is 11.2. The Morgan fingerprint density at radius 2 is 2.29 bits per heavy atom. The molecule has 4 heteroatoms. The van der Waals surface area contributed by atoms with Crippen molar-refractivity contribution in [3.05, 3.63) is 12.2 Å². The average molecular weight is 236 g/mol. The minimum Gasteiger partial charge on any atom is -0.307 e. The Hall–Kier alpha value is -0.900. The van der Waals surface area contributed by atoms with Crippen LogP contribution < -0.4 is 5.32 Å². The Morgan fingerprint density at radius 3 is 2.94 bits per heavy atom. The van der Waals surface area contributed by atoms with Gasteiger partial charge in [-0.15, -0.1) is 0 Å². The van der Waals surface area contributed by atoms with E-state index in [4.69, 9.17) is 0 Å². The third-order valence-electron chi connectivity index (χ3n) is 3.48. The Morgan fingerprint density at radius 1 is 1.47 bits per heavy atom. The summed E-state index contributed by atoms with van der Waals surface area (Å²) in [5.74, 6) is 2.56. The summed E-state index contributed by atoms with van der Waals surface area (Å²) < 4.78 is 2.02. The second-order valence-electron chi connectivity index (χ2n) is 5.75. The molecule has 1 aromatic rings. The highest BCUT2D eigenvalue weighted by molar-refractivity contribution is 4.87. The van der Waals surface area contributed by atoms with E-state index in [1.165, 1.54) is 19.3 Å². The monoisotopic (exact) mass is 236 g/mol. The van der Waals surface area contributed by atoms with Gasteiger partial charge in [-0.2, -0.15) is 5.10 Å². The first kappa shape index (κ1) is 12.6. The lowest BCUT2D eigenvalue weighted by Crippen LogP contribution is -2.27. The van der Waals surface area contributed by atoms with Crippen molar-refractivity contribution >= 4 is 0 Å². The fraction of sp³-hybridized carbons (Fsp3) is 0.846. The second-order valence-corrected chi connectivity index (χ2v) is 5.75. The van der Waals surface area contributed by atoms with Gasteiger partial charge in [-0.1, -0.05) is 20.8 Å². The summed E-state index contributed by atoms with van der Waals surface area (Å²) >= 11 is 0. The van der Waals surface area contributed by atoms with Gasteiger partial charge in [-0.3, -0.25) is 0 Å². The molecule has 1 aromatic heterocycles. The van der Waals surface area contributed by atoms with Crippen molar-refractivity contribution in [2.24, 2.45) is 11.8 Å². The predicted octanol–water partition coefficient (Wildman–Crippen LogP) is 2.21. The van der Waals surface area contributed by atoms with E-state index < -0.39 is 0 Å². The Bertz CT molecular complexity index is 345. The van der Waals surface area contributed by atoms with Crippen molar-refractivity contribution in [3.8, 4) is 0 Å². The molecule has 1 aliphatic rings. The summed E-state index contributed by atoms with van der Waals surface area (Å²) in [4.78, 5) is 4.34. The molecule has 1 aliphatic carbocycles. The molecule has 1 fully saturated rings. The number of aromatic nitrogens is 3. The van der Waals surface area contributed by atoms with Crippen molar-refractivity contribution in [1.29, 1.82) is 0 Å². The van der Waals surface area contributed by atoms with Gasteiger partial charge in [0.15, 0.2) is 0 Å². The topological polar surface area (TPSA) is 42.7 Å². The van der Waals surface area contributed by atoms with E-state index in [-0.39, 0.29) is 0 Å². The molecule has 0 amide bonds. The molecule has 2 unspecified atom stereocenters. The molecule has 2 rings (SSSR count). The lowest BCUT2D eigenvalue weighted by Gasteiger charge is -2.13. The van der Waals surface area contributed by atoms with E-state index in [0.717, 1.165) is 24.8 Å². The molecule has 0 aromatic carbocycles. The molecular formula is C13H24N4. The Kier molecular flexibility index (Phi) is 4.15. The second kappa shape index (κ2) is 5.63. The van der Waals surface area contributed by atoms with E-state index in [1.54, 1.807) is 6.33 Å². The molecule has 2 atom stereocenters. The fourth-order valence-corrected chi connectivity index (χ4v) is 2.55. The van der Waals surface area contributed by atoms with Gasteiger partial charge < -0.3 is 5.32 Å². The molecule has 1 N–H and O–H groups in total. The standard InChI is InChI=1S/C13H24N4/c1-10(2)8-17-13(15-9-16-17)7-14-12-5-4-11(3)6-12/h9-12,14H,4-8H2,1-3H3. The van der Waals surface area contributed by atoms with Crippen LogP contribution in [-0.4, -0.2) is 20.8 Å². The van der Waals surface area contributed by atoms with Crippen LogP contribution in [0.5, 0.6) is 0 Å². The minimum atomic E-state index is 0.613. The smallest absolute Gasteiger partial charge is 0.140 e. The quantitative estimate of drug-likeness (QED) is 0.852. The molecule has 0 spiro atoms. The first-order chi connectivity index (χ1) is 8.15. The van der Waals surface area contributed by atoms with Gasteiger partial charge in [-0.25, -0.2) is 9.67 Å². The molecule has 4 nitrogen and oxygen atoms in total. The highest BCUT2D eigenvalue weighted by Gasteiger charge is 2.21. The maximum Gasteiger partial charge on any atom is 0.140 e. The summed E-state index contributed by atoms with van der Waals surface area (Å²) in [6.45, 7) is 8.56. The summed E-state index contributed by atoms with van der Waals surface area (Å²) in [5, 5.41) is 7.89. The molecular weight excluding hydrogens is 212 g/mol. The maximum atomic E-state index is 4.34. The van der Waals surface area contributed by atoms with Gasteiger partial charge >= 0.3 is 0 Å². The van der Waals surface area contributed by atoms with Crippen molar-refractivity contribution in [1.82, 2.24) is 20.1 Å². The van der Waals surface area contributed by atoms with Gasteiger partial charge in [-0.05, 0) is 31.1 Å².